The fourth-order valence-corrected chi connectivity index (χ4v) is 9.19. The van der Waals surface area contributed by atoms with E-state index >= 15 is 0 Å². The van der Waals surface area contributed by atoms with E-state index in [-0.39, 0.29) is 31.1 Å². The Morgan fingerprint density at radius 3 is 0.795 bits per heavy atom. The number of carbonyl (C=O) groups excluding carboxylic acids is 3. The van der Waals surface area contributed by atoms with Crippen LogP contribution in [0.5, 0.6) is 0 Å². The van der Waals surface area contributed by atoms with Crippen LogP contribution in [0.3, 0.4) is 0 Å². The van der Waals surface area contributed by atoms with E-state index in [1.165, 1.54) is 205 Å². The van der Waals surface area contributed by atoms with Crippen LogP contribution in [0.25, 0.3) is 0 Å². The van der Waals surface area contributed by atoms with Crippen LogP contribution in [-0.4, -0.2) is 37.2 Å². The molecule has 6 heteroatoms. The molecule has 0 fully saturated rings. The van der Waals surface area contributed by atoms with Crippen molar-refractivity contribution in [2.24, 2.45) is 0 Å². The molecule has 424 valence electrons. The smallest absolute Gasteiger partial charge is 0.306 e. The summed E-state index contributed by atoms with van der Waals surface area (Å²) >= 11 is 0. The molecule has 0 heterocycles. The molecule has 0 aliphatic heterocycles. The van der Waals surface area contributed by atoms with Gasteiger partial charge in [0.15, 0.2) is 6.10 Å². The molecule has 0 aromatic heterocycles. The quantitative estimate of drug-likeness (QED) is 0.0261. The second-order valence-corrected chi connectivity index (χ2v) is 21.3. The third-order valence-electron chi connectivity index (χ3n) is 14.0. The molecule has 0 radical (unpaired) electrons. The van der Waals surface area contributed by atoms with E-state index in [9.17, 15) is 14.4 Å². The number of ether oxygens (including phenoxy) is 3. The molecule has 0 bridgehead atoms. The summed E-state index contributed by atoms with van der Waals surface area (Å²) in [6.07, 6.45) is 78.5. The highest BCUT2D eigenvalue weighted by Gasteiger charge is 2.19. The molecule has 0 aromatic rings. The zero-order valence-electron chi connectivity index (χ0n) is 48.7. The van der Waals surface area contributed by atoms with Gasteiger partial charge in [-0.2, -0.15) is 0 Å². The summed E-state index contributed by atoms with van der Waals surface area (Å²) < 4.78 is 16.8. The fourth-order valence-electron chi connectivity index (χ4n) is 9.19. The minimum atomic E-state index is -0.772. The maximum absolute atomic E-state index is 12.8. The average molecular weight is 1020 g/mol. The standard InChI is InChI=1S/C67H120O6/c1-4-7-10-13-15-17-19-21-23-25-27-28-29-30-31-32-33-34-35-36-37-38-40-41-43-45-47-49-51-54-57-60-66(69)72-63-64(62-71-65(68)59-56-53-12-9-6-3)73-67(70)61-58-55-52-50-48-46-44-42-39-26-24-22-20-18-16-14-11-8-5-2/h16,18-19,21-22,24-25,27,29-30,64H,4-15,17,20,23,26,28,31-63H2,1-3H3/b18-16-,21-19-,24-22-,27-25-,30-29-. The first-order valence-electron chi connectivity index (χ1n) is 31.8. The van der Waals surface area contributed by atoms with Crippen molar-refractivity contribution in [1.82, 2.24) is 0 Å². The highest BCUT2D eigenvalue weighted by atomic mass is 16.6. The van der Waals surface area contributed by atoms with Crippen LogP contribution < -0.4 is 0 Å². The maximum atomic E-state index is 12.8. The first-order valence-corrected chi connectivity index (χ1v) is 31.8. The topological polar surface area (TPSA) is 78.9 Å². The molecular weight excluding hydrogens is 901 g/mol. The van der Waals surface area contributed by atoms with Crippen LogP contribution in [0, 0.1) is 0 Å². The molecule has 6 nitrogen and oxygen atoms in total. The Morgan fingerprint density at radius 1 is 0.274 bits per heavy atom. The van der Waals surface area contributed by atoms with Gasteiger partial charge in [0, 0.05) is 19.3 Å². The van der Waals surface area contributed by atoms with Gasteiger partial charge in [0.2, 0.25) is 0 Å². The Bertz CT molecular complexity index is 1310. The first-order chi connectivity index (χ1) is 36.0. The van der Waals surface area contributed by atoms with E-state index in [0.29, 0.717) is 19.3 Å². The summed E-state index contributed by atoms with van der Waals surface area (Å²) in [5.41, 5.74) is 0. The third kappa shape index (κ3) is 59.9. The molecule has 0 saturated heterocycles. The van der Waals surface area contributed by atoms with Crippen molar-refractivity contribution in [3.05, 3.63) is 60.8 Å². The lowest BCUT2D eigenvalue weighted by atomic mass is 10.0. The van der Waals surface area contributed by atoms with E-state index in [0.717, 1.165) is 83.5 Å². The average Bonchev–Trinajstić information content (AvgIpc) is 3.39. The molecule has 0 rings (SSSR count). The molecule has 0 aromatic carbocycles. The van der Waals surface area contributed by atoms with Gasteiger partial charge < -0.3 is 14.2 Å². The van der Waals surface area contributed by atoms with Crippen LogP contribution in [0.1, 0.15) is 329 Å². The molecule has 0 aliphatic carbocycles. The normalized spacial score (nSPS) is 12.4. The largest absolute Gasteiger partial charge is 0.462 e. The second-order valence-electron chi connectivity index (χ2n) is 21.3. The first kappa shape index (κ1) is 70.1. The number of hydrogen-bond donors (Lipinski definition) is 0. The van der Waals surface area contributed by atoms with Gasteiger partial charge >= 0.3 is 17.9 Å². The molecule has 1 unspecified atom stereocenters. The molecule has 0 saturated carbocycles. The lowest BCUT2D eigenvalue weighted by Crippen LogP contribution is -2.30. The summed E-state index contributed by atoms with van der Waals surface area (Å²) in [7, 11) is 0. The maximum Gasteiger partial charge on any atom is 0.306 e. The second kappa shape index (κ2) is 61.7. The summed E-state index contributed by atoms with van der Waals surface area (Å²) in [6.45, 7) is 6.55. The predicted molar refractivity (Wildman–Crippen MR) is 316 cm³/mol. The number of allylic oxidation sites excluding steroid dienone is 10. The molecule has 0 spiro atoms. The van der Waals surface area contributed by atoms with Gasteiger partial charge in [-0.25, -0.2) is 0 Å². The van der Waals surface area contributed by atoms with Crippen LogP contribution >= 0.6 is 0 Å². The van der Waals surface area contributed by atoms with Gasteiger partial charge in [-0.1, -0.05) is 281 Å². The highest BCUT2D eigenvalue weighted by Crippen LogP contribution is 2.17. The molecule has 0 aliphatic rings. The van der Waals surface area contributed by atoms with Gasteiger partial charge in [-0.15, -0.1) is 0 Å². The van der Waals surface area contributed by atoms with Gasteiger partial charge in [0.25, 0.3) is 0 Å². The summed E-state index contributed by atoms with van der Waals surface area (Å²) in [4.78, 5) is 37.9. The highest BCUT2D eigenvalue weighted by molar-refractivity contribution is 5.71. The Labute approximate surface area is 453 Å². The van der Waals surface area contributed by atoms with Gasteiger partial charge in [0.1, 0.15) is 13.2 Å². The number of esters is 3. The van der Waals surface area contributed by atoms with Crippen molar-refractivity contribution < 1.29 is 28.6 Å². The lowest BCUT2D eigenvalue weighted by molar-refractivity contribution is -0.167. The van der Waals surface area contributed by atoms with E-state index in [4.69, 9.17) is 14.2 Å². The molecular formula is C67H120O6. The van der Waals surface area contributed by atoms with E-state index in [2.05, 4.69) is 81.5 Å². The van der Waals surface area contributed by atoms with Gasteiger partial charge in [-0.05, 0) is 89.9 Å². The summed E-state index contributed by atoms with van der Waals surface area (Å²) in [5, 5.41) is 0. The fraction of sp³-hybridized carbons (Fsp3) is 0.806. The monoisotopic (exact) mass is 1020 g/mol. The van der Waals surface area contributed by atoms with Gasteiger partial charge in [-0.3, -0.25) is 14.4 Å². The van der Waals surface area contributed by atoms with Crippen LogP contribution in [-0.2, 0) is 28.6 Å². The van der Waals surface area contributed by atoms with Crippen molar-refractivity contribution in [3.63, 3.8) is 0 Å². The molecule has 0 N–H and O–H groups in total. The molecule has 73 heavy (non-hydrogen) atoms. The van der Waals surface area contributed by atoms with Crippen LogP contribution in [0.2, 0.25) is 0 Å². The summed E-state index contributed by atoms with van der Waals surface area (Å²) in [5.74, 6) is -0.878. The number of hydrogen-bond acceptors (Lipinski definition) is 6. The number of carbonyl (C=O) groups is 3. The van der Waals surface area contributed by atoms with Crippen molar-refractivity contribution in [2.45, 2.75) is 335 Å². The number of rotatable bonds is 58. The number of unbranched alkanes of at least 4 members (excludes halogenated alkanes) is 37. The van der Waals surface area contributed by atoms with Crippen LogP contribution in [0.15, 0.2) is 60.8 Å². The van der Waals surface area contributed by atoms with Gasteiger partial charge in [0.05, 0.1) is 0 Å². The molecule has 0 amide bonds. The Balaban J connectivity index is 3.97. The Kier molecular flexibility index (Phi) is 59.2. The minimum absolute atomic E-state index is 0.0734. The van der Waals surface area contributed by atoms with Crippen molar-refractivity contribution in [1.29, 1.82) is 0 Å². The Hall–Kier alpha value is -2.89. The zero-order chi connectivity index (χ0) is 52.9. The van der Waals surface area contributed by atoms with Crippen molar-refractivity contribution in [2.75, 3.05) is 13.2 Å². The minimum Gasteiger partial charge on any atom is -0.462 e. The Morgan fingerprint density at radius 2 is 0.493 bits per heavy atom. The van der Waals surface area contributed by atoms with Crippen molar-refractivity contribution >= 4 is 17.9 Å². The van der Waals surface area contributed by atoms with E-state index < -0.39 is 6.10 Å². The lowest BCUT2D eigenvalue weighted by Gasteiger charge is -2.18. The zero-order valence-corrected chi connectivity index (χ0v) is 48.7. The van der Waals surface area contributed by atoms with E-state index in [1.807, 2.05) is 0 Å². The molecule has 1 atom stereocenters. The summed E-state index contributed by atoms with van der Waals surface area (Å²) in [6, 6.07) is 0. The van der Waals surface area contributed by atoms with Crippen molar-refractivity contribution in [3.8, 4) is 0 Å². The predicted octanol–water partition coefficient (Wildman–Crippen LogP) is 21.6. The SMILES string of the molecule is CCCCC/C=C\C/C=C\CCCCCCCCCCCC(=O)OC(COC(=O)CCCCCCC)COC(=O)CCCCCCCCCCCCCCCCCC/C=C\C/C=C\C/C=C\CCCCCCC. The van der Waals surface area contributed by atoms with E-state index in [1.54, 1.807) is 0 Å². The third-order valence-corrected chi connectivity index (χ3v) is 14.0. The van der Waals surface area contributed by atoms with Crippen LogP contribution in [0.4, 0.5) is 0 Å².